The maximum atomic E-state index is 12.2. The number of ether oxygens (including phenoxy) is 2. The molecule has 120 valence electrons. The molecule has 6 heteroatoms. The number of nitrogens with one attached hydrogen (secondary N) is 1. The minimum Gasteiger partial charge on any atom is -0.469 e. The average molecular weight is 306 g/mol. The van der Waals surface area contributed by atoms with E-state index in [1.54, 1.807) is 5.01 Å². The van der Waals surface area contributed by atoms with Crippen LogP contribution < -0.4 is 5.43 Å². The van der Waals surface area contributed by atoms with E-state index in [4.69, 9.17) is 4.74 Å². The van der Waals surface area contributed by atoms with Gasteiger partial charge in [0.05, 0.1) is 26.7 Å². The SMILES string of the molecule is COC(=O)C[C@@H]1OCCN(NCCCc2ccccc2)C1=O. The first-order chi connectivity index (χ1) is 10.7. The van der Waals surface area contributed by atoms with Crippen molar-refractivity contribution in [3.05, 3.63) is 35.9 Å². The number of aryl methyl sites for hydroxylation is 1. The van der Waals surface area contributed by atoms with Crippen LogP contribution in [-0.2, 0) is 25.5 Å². The number of carbonyl (C=O) groups excluding carboxylic acids is 2. The van der Waals surface area contributed by atoms with Gasteiger partial charge in [-0.05, 0) is 18.4 Å². The van der Waals surface area contributed by atoms with Crippen molar-refractivity contribution >= 4 is 11.9 Å². The smallest absolute Gasteiger partial charge is 0.308 e. The largest absolute Gasteiger partial charge is 0.469 e. The van der Waals surface area contributed by atoms with E-state index in [1.165, 1.54) is 12.7 Å². The third-order valence-electron chi connectivity index (χ3n) is 3.54. The molecule has 0 spiro atoms. The molecule has 1 aromatic rings. The number of morpholine rings is 1. The monoisotopic (exact) mass is 306 g/mol. The molecule has 1 saturated heterocycles. The molecule has 1 amide bonds. The number of benzene rings is 1. The van der Waals surface area contributed by atoms with Crippen LogP contribution in [0.25, 0.3) is 0 Å². The Balaban J connectivity index is 1.72. The van der Waals surface area contributed by atoms with Crippen LogP contribution in [0.4, 0.5) is 0 Å². The number of carbonyl (C=O) groups is 2. The van der Waals surface area contributed by atoms with Gasteiger partial charge in [-0.2, -0.15) is 0 Å². The third-order valence-corrected chi connectivity index (χ3v) is 3.54. The van der Waals surface area contributed by atoms with Crippen LogP contribution in [0.1, 0.15) is 18.4 Å². The minimum atomic E-state index is -0.747. The minimum absolute atomic E-state index is 0.0441. The summed E-state index contributed by atoms with van der Waals surface area (Å²) in [5, 5.41) is 1.54. The van der Waals surface area contributed by atoms with Gasteiger partial charge in [-0.1, -0.05) is 30.3 Å². The van der Waals surface area contributed by atoms with Crippen molar-refractivity contribution in [2.45, 2.75) is 25.4 Å². The van der Waals surface area contributed by atoms with E-state index in [0.29, 0.717) is 19.7 Å². The second-order valence-corrected chi connectivity index (χ2v) is 5.13. The van der Waals surface area contributed by atoms with Crippen molar-refractivity contribution in [2.75, 3.05) is 26.8 Å². The van der Waals surface area contributed by atoms with Crippen LogP contribution >= 0.6 is 0 Å². The topological polar surface area (TPSA) is 67.9 Å². The predicted molar refractivity (Wildman–Crippen MR) is 80.9 cm³/mol. The van der Waals surface area contributed by atoms with Crippen molar-refractivity contribution in [1.29, 1.82) is 0 Å². The number of hydrazine groups is 1. The molecule has 0 aromatic heterocycles. The molecule has 0 aliphatic carbocycles. The van der Waals surface area contributed by atoms with E-state index < -0.39 is 12.1 Å². The highest BCUT2D eigenvalue weighted by Crippen LogP contribution is 2.10. The molecule has 1 aromatic carbocycles. The first-order valence-electron chi connectivity index (χ1n) is 7.48. The molecule has 1 fully saturated rings. The zero-order valence-electron chi connectivity index (χ0n) is 12.8. The Morgan fingerprint density at radius 3 is 2.91 bits per heavy atom. The van der Waals surface area contributed by atoms with Gasteiger partial charge < -0.3 is 9.47 Å². The van der Waals surface area contributed by atoms with Gasteiger partial charge in [-0.15, -0.1) is 0 Å². The fraction of sp³-hybridized carbons (Fsp3) is 0.500. The molecular formula is C16H22N2O4. The number of esters is 1. The number of nitrogens with zero attached hydrogens (tertiary/aromatic N) is 1. The van der Waals surface area contributed by atoms with Crippen LogP contribution in [0.2, 0.25) is 0 Å². The van der Waals surface area contributed by atoms with Crippen LogP contribution in [-0.4, -0.2) is 49.8 Å². The summed E-state index contributed by atoms with van der Waals surface area (Å²) >= 11 is 0. The van der Waals surface area contributed by atoms with Gasteiger partial charge in [0, 0.05) is 6.54 Å². The van der Waals surface area contributed by atoms with Crippen molar-refractivity contribution in [3.8, 4) is 0 Å². The number of rotatable bonds is 7. The summed E-state index contributed by atoms with van der Waals surface area (Å²) in [6.45, 7) is 1.60. The zero-order valence-corrected chi connectivity index (χ0v) is 12.8. The molecule has 1 N–H and O–H groups in total. The molecule has 2 rings (SSSR count). The van der Waals surface area contributed by atoms with E-state index in [1.807, 2.05) is 18.2 Å². The first-order valence-corrected chi connectivity index (χ1v) is 7.48. The van der Waals surface area contributed by atoms with Crippen LogP contribution in [0.5, 0.6) is 0 Å². The molecule has 1 aliphatic rings. The van der Waals surface area contributed by atoms with Gasteiger partial charge in [-0.3, -0.25) is 14.6 Å². The van der Waals surface area contributed by atoms with E-state index in [-0.39, 0.29) is 12.3 Å². The van der Waals surface area contributed by atoms with Crippen molar-refractivity contribution in [1.82, 2.24) is 10.4 Å². The van der Waals surface area contributed by atoms with Gasteiger partial charge >= 0.3 is 5.97 Å². The van der Waals surface area contributed by atoms with Crippen molar-refractivity contribution in [2.24, 2.45) is 0 Å². The Labute approximate surface area is 130 Å². The standard InChI is InChI=1S/C16H22N2O4/c1-21-15(19)12-14-16(20)18(10-11-22-14)17-9-5-8-13-6-3-2-4-7-13/h2-4,6-7,14,17H,5,8-12H2,1H3/t14-/m0/s1. The van der Waals surface area contributed by atoms with E-state index in [2.05, 4.69) is 22.3 Å². The molecule has 22 heavy (non-hydrogen) atoms. The highest BCUT2D eigenvalue weighted by atomic mass is 16.5. The molecule has 0 saturated carbocycles. The third kappa shape index (κ3) is 4.82. The highest BCUT2D eigenvalue weighted by Gasteiger charge is 2.31. The molecule has 0 bridgehead atoms. The van der Waals surface area contributed by atoms with Gasteiger partial charge in [-0.25, -0.2) is 5.43 Å². The zero-order chi connectivity index (χ0) is 15.8. The summed E-state index contributed by atoms with van der Waals surface area (Å²) in [5.74, 6) is -0.652. The quantitative estimate of drug-likeness (QED) is 0.599. The van der Waals surface area contributed by atoms with E-state index in [0.717, 1.165) is 12.8 Å². The van der Waals surface area contributed by atoms with Crippen LogP contribution in [0.3, 0.4) is 0 Å². The second kappa shape index (κ2) is 8.51. The average Bonchev–Trinajstić information content (AvgIpc) is 2.55. The Morgan fingerprint density at radius 1 is 1.41 bits per heavy atom. The maximum Gasteiger partial charge on any atom is 0.308 e. The Kier molecular flexibility index (Phi) is 6.36. The number of amides is 1. The summed E-state index contributed by atoms with van der Waals surface area (Å²) in [7, 11) is 1.30. The van der Waals surface area contributed by atoms with Crippen LogP contribution in [0, 0.1) is 0 Å². The lowest BCUT2D eigenvalue weighted by Crippen LogP contribution is -2.54. The lowest BCUT2D eigenvalue weighted by atomic mass is 10.1. The Morgan fingerprint density at radius 2 is 2.18 bits per heavy atom. The van der Waals surface area contributed by atoms with Crippen LogP contribution in [0.15, 0.2) is 30.3 Å². The number of hydrogen-bond acceptors (Lipinski definition) is 5. The molecule has 0 radical (unpaired) electrons. The molecule has 1 heterocycles. The highest BCUT2D eigenvalue weighted by molar-refractivity contribution is 5.85. The molecule has 0 unspecified atom stereocenters. The van der Waals surface area contributed by atoms with Gasteiger partial charge in [0.25, 0.3) is 5.91 Å². The van der Waals surface area contributed by atoms with Crippen molar-refractivity contribution < 1.29 is 19.1 Å². The van der Waals surface area contributed by atoms with E-state index >= 15 is 0 Å². The first kappa shape index (κ1) is 16.5. The summed E-state index contributed by atoms with van der Waals surface area (Å²) in [6, 6.07) is 10.2. The fourth-order valence-electron chi connectivity index (χ4n) is 2.33. The predicted octanol–water partition coefficient (Wildman–Crippen LogP) is 0.914. The number of methoxy groups -OCH3 is 1. The van der Waals surface area contributed by atoms with E-state index in [9.17, 15) is 9.59 Å². The lowest BCUT2D eigenvalue weighted by molar-refractivity contribution is -0.163. The normalized spacial score (nSPS) is 18.3. The number of hydrogen-bond donors (Lipinski definition) is 1. The van der Waals surface area contributed by atoms with Gasteiger partial charge in [0.2, 0.25) is 0 Å². The molecule has 6 nitrogen and oxygen atoms in total. The summed E-state index contributed by atoms with van der Waals surface area (Å²) < 4.78 is 9.91. The summed E-state index contributed by atoms with van der Waals surface area (Å²) in [4.78, 5) is 23.4. The fourth-order valence-corrected chi connectivity index (χ4v) is 2.33. The molecule has 1 aliphatic heterocycles. The summed E-state index contributed by atoms with van der Waals surface area (Å²) in [6.07, 6.45) is 1.09. The van der Waals surface area contributed by atoms with Gasteiger partial charge in [0.1, 0.15) is 6.10 Å². The molecule has 1 atom stereocenters. The second-order valence-electron chi connectivity index (χ2n) is 5.13. The van der Waals surface area contributed by atoms with Crippen molar-refractivity contribution in [3.63, 3.8) is 0 Å². The molecular weight excluding hydrogens is 284 g/mol. The lowest BCUT2D eigenvalue weighted by Gasteiger charge is -2.32. The summed E-state index contributed by atoms with van der Waals surface area (Å²) in [5.41, 5.74) is 4.39. The Bertz CT molecular complexity index is 492. The van der Waals surface area contributed by atoms with Gasteiger partial charge in [0.15, 0.2) is 0 Å². The Hall–Kier alpha value is -1.92. The maximum absolute atomic E-state index is 12.2.